The van der Waals surface area contributed by atoms with E-state index in [2.05, 4.69) is 20.3 Å². The monoisotopic (exact) mass is 454 g/mol. The van der Waals surface area contributed by atoms with E-state index < -0.39 is 18.5 Å². The van der Waals surface area contributed by atoms with Crippen molar-refractivity contribution in [2.24, 2.45) is 0 Å². The molecule has 1 N–H and O–H groups in total. The zero-order chi connectivity index (χ0) is 23.3. The number of hydrogen-bond donors (Lipinski definition) is 1. The molecule has 5 rings (SSSR count). The zero-order valence-electron chi connectivity index (χ0n) is 17.8. The number of nitrogens with zero attached hydrogens (tertiary/aromatic N) is 3. The molecule has 0 aliphatic carbocycles. The molecule has 0 bridgehead atoms. The maximum atomic E-state index is 12.5. The number of aromatic nitrogens is 3. The van der Waals surface area contributed by atoms with Gasteiger partial charge in [0.15, 0.2) is 18.1 Å². The van der Waals surface area contributed by atoms with Crippen molar-refractivity contribution in [2.75, 3.05) is 6.61 Å². The van der Waals surface area contributed by atoms with Crippen LogP contribution in [0, 0.1) is 0 Å². The fourth-order valence-electron chi connectivity index (χ4n) is 3.32. The third-order valence-corrected chi connectivity index (χ3v) is 4.96. The van der Waals surface area contributed by atoms with E-state index in [0.717, 1.165) is 5.56 Å². The van der Waals surface area contributed by atoms with Crippen molar-refractivity contribution in [3.63, 3.8) is 0 Å². The molecule has 0 atom stereocenters. The lowest BCUT2D eigenvalue weighted by molar-refractivity contribution is -0.124. The Hall–Kier alpha value is -4.79. The summed E-state index contributed by atoms with van der Waals surface area (Å²) in [7, 11) is 0. The molecule has 0 saturated heterocycles. The number of furan rings is 2. The van der Waals surface area contributed by atoms with E-state index in [0.29, 0.717) is 40.5 Å². The van der Waals surface area contributed by atoms with Gasteiger partial charge in [0.2, 0.25) is 0 Å². The minimum absolute atomic E-state index is 0.248. The molecule has 168 valence electrons. The van der Waals surface area contributed by atoms with Gasteiger partial charge in [-0.1, -0.05) is 6.07 Å². The third-order valence-electron chi connectivity index (χ3n) is 4.96. The number of pyridine rings is 1. The SMILES string of the molecule is O=C(COC(=O)c1ccc2nc(-c3ccco3)c(-c3ccco3)nc2c1)NCc1cccnc1. The van der Waals surface area contributed by atoms with Crippen LogP contribution in [0.25, 0.3) is 33.9 Å². The highest BCUT2D eigenvalue weighted by atomic mass is 16.5. The van der Waals surface area contributed by atoms with Gasteiger partial charge in [0.25, 0.3) is 5.91 Å². The first-order chi connectivity index (χ1) is 16.7. The molecule has 34 heavy (non-hydrogen) atoms. The molecule has 0 aliphatic heterocycles. The van der Waals surface area contributed by atoms with E-state index in [1.165, 1.54) is 0 Å². The molecule has 0 unspecified atom stereocenters. The quantitative estimate of drug-likeness (QED) is 0.366. The van der Waals surface area contributed by atoms with Crippen LogP contribution in [0.2, 0.25) is 0 Å². The molecule has 1 amide bonds. The Kier molecular flexibility index (Phi) is 5.81. The van der Waals surface area contributed by atoms with Gasteiger partial charge in [-0.15, -0.1) is 0 Å². The molecule has 9 nitrogen and oxygen atoms in total. The van der Waals surface area contributed by atoms with Crippen molar-refractivity contribution in [3.05, 3.63) is 90.6 Å². The molecular weight excluding hydrogens is 436 g/mol. The summed E-state index contributed by atoms with van der Waals surface area (Å²) in [5.74, 6) is -0.00323. The van der Waals surface area contributed by atoms with Gasteiger partial charge in [0, 0.05) is 18.9 Å². The van der Waals surface area contributed by atoms with Gasteiger partial charge in [-0.05, 0) is 54.1 Å². The number of benzene rings is 1. The number of esters is 1. The van der Waals surface area contributed by atoms with Crippen LogP contribution in [0.15, 0.2) is 88.4 Å². The molecule has 9 heteroatoms. The van der Waals surface area contributed by atoms with E-state index >= 15 is 0 Å². The van der Waals surface area contributed by atoms with Crippen LogP contribution in [0.3, 0.4) is 0 Å². The van der Waals surface area contributed by atoms with Gasteiger partial charge in [-0.2, -0.15) is 0 Å². The number of nitrogens with one attached hydrogen (secondary N) is 1. The van der Waals surface area contributed by atoms with Gasteiger partial charge in [-0.25, -0.2) is 14.8 Å². The highest BCUT2D eigenvalue weighted by Crippen LogP contribution is 2.31. The minimum Gasteiger partial charge on any atom is -0.463 e. The first-order valence-corrected chi connectivity index (χ1v) is 10.4. The fourth-order valence-corrected chi connectivity index (χ4v) is 3.32. The summed E-state index contributed by atoms with van der Waals surface area (Å²) in [5.41, 5.74) is 3.13. The number of carbonyl (C=O) groups is 2. The van der Waals surface area contributed by atoms with E-state index in [1.54, 1.807) is 73.5 Å². The summed E-state index contributed by atoms with van der Waals surface area (Å²) in [6.45, 7) is -0.110. The van der Waals surface area contributed by atoms with Crippen LogP contribution < -0.4 is 5.32 Å². The average molecular weight is 454 g/mol. The molecular formula is C25H18N4O5. The van der Waals surface area contributed by atoms with Gasteiger partial charge in [-0.3, -0.25) is 9.78 Å². The second kappa shape index (κ2) is 9.37. The second-order valence-corrected chi connectivity index (χ2v) is 7.29. The highest BCUT2D eigenvalue weighted by molar-refractivity contribution is 5.95. The Balaban J connectivity index is 1.33. The molecule has 0 fully saturated rings. The average Bonchev–Trinajstić information content (AvgIpc) is 3.60. The van der Waals surface area contributed by atoms with E-state index in [9.17, 15) is 9.59 Å². The standard InChI is InChI=1S/C25H18N4O5/c30-22(27-14-16-4-1-9-26-13-16)15-34-25(31)17-7-8-18-19(12-17)29-24(21-6-3-11-33-21)23(28-18)20-5-2-10-32-20/h1-13H,14-15H2,(H,27,30). The molecule has 4 heterocycles. The third kappa shape index (κ3) is 4.53. The van der Waals surface area contributed by atoms with E-state index in [4.69, 9.17) is 13.6 Å². The lowest BCUT2D eigenvalue weighted by atomic mass is 10.1. The first kappa shape index (κ1) is 21.1. The summed E-state index contributed by atoms with van der Waals surface area (Å²) >= 11 is 0. The number of rotatable bonds is 7. The number of amides is 1. The Bertz CT molecular complexity index is 1430. The van der Waals surface area contributed by atoms with Crippen LogP contribution in [0.1, 0.15) is 15.9 Å². The summed E-state index contributed by atoms with van der Waals surface area (Å²) in [6, 6.07) is 15.5. The van der Waals surface area contributed by atoms with Gasteiger partial charge < -0.3 is 18.9 Å². The van der Waals surface area contributed by atoms with Crippen LogP contribution in [-0.2, 0) is 16.1 Å². The van der Waals surface area contributed by atoms with E-state index in [-0.39, 0.29) is 5.56 Å². The number of fused-ring (bicyclic) bond motifs is 1. The lowest BCUT2D eigenvalue weighted by Gasteiger charge is -2.09. The predicted octanol–water partition coefficient (Wildman–Crippen LogP) is 4.02. The van der Waals surface area contributed by atoms with Gasteiger partial charge in [0.05, 0.1) is 29.1 Å². The highest BCUT2D eigenvalue weighted by Gasteiger charge is 2.18. The van der Waals surface area contributed by atoms with Crippen molar-refractivity contribution in [2.45, 2.75) is 6.54 Å². The minimum atomic E-state index is -0.644. The van der Waals surface area contributed by atoms with Crippen molar-refractivity contribution in [1.29, 1.82) is 0 Å². The second-order valence-electron chi connectivity index (χ2n) is 7.29. The fraction of sp³-hybridized carbons (Fsp3) is 0.0800. The molecule has 4 aromatic heterocycles. The van der Waals surface area contributed by atoms with Crippen molar-refractivity contribution in [1.82, 2.24) is 20.3 Å². The maximum absolute atomic E-state index is 12.5. The predicted molar refractivity (Wildman–Crippen MR) is 121 cm³/mol. The number of hydrogen-bond acceptors (Lipinski definition) is 8. The summed E-state index contributed by atoms with van der Waals surface area (Å²) in [6.07, 6.45) is 6.40. The molecule has 5 aromatic rings. The first-order valence-electron chi connectivity index (χ1n) is 10.4. The number of carbonyl (C=O) groups excluding carboxylic acids is 2. The number of ether oxygens (including phenoxy) is 1. The Morgan fingerprint density at radius 2 is 1.62 bits per heavy atom. The van der Waals surface area contributed by atoms with Crippen molar-refractivity contribution >= 4 is 22.9 Å². The summed E-state index contributed by atoms with van der Waals surface area (Å²) in [4.78, 5) is 37.9. The Morgan fingerprint density at radius 3 is 2.26 bits per heavy atom. The van der Waals surface area contributed by atoms with Crippen molar-refractivity contribution < 1.29 is 23.2 Å². The van der Waals surface area contributed by atoms with Crippen LogP contribution in [0.4, 0.5) is 0 Å². The molecule has 1 aromatic carbocycles. The van der Waals surface area contributed by atoms with Crippen LogP contribution in [0.5, 0.6) is 0 Å². The summed E-state index contributed by atoms with van der Waals surface area (Å²) in [5, 5.41) is 2.68. The molecule has 0 aliphatic rings. The Labute approximate surface area is 193 Å². The molecule has 0 saturated carbocycles. The van der Waals surface area contributed by atoms with Gasteiger partial charge >= 0.3 is 5.97 Å². The topological polar surface area (TPSA) is 120 Å². The molecule has 0 spiro atoms. The van der Waals surface area contributed by atoms with Crippen LogP contribution in [-0.4, -0.2) is 33.4 Å². The maximum Gasteiger partial charge on any atom is 0.338 e. The lowest BCUT2D eigenvalue weighted by Crippen LogP contribution is -2.28. The van der Waals surface area contributed by atoms with Crippen LogP contribution >= 0.6 is 0 Å². The largest absolute Gasteiger partial charge is 0.463 e. The van der Waals surface area contributed by atoms with E-state index in [1.807, 2.05) is 6.07 Å². The Morgan fingerprint density at radius 1 is 0.882 bits per heavy atom. The zero-order valence-corrected chi connectivity index (χ0v) is 17.8. The van der Waals surface area contributed by atoms with Gasteiger partial charge in [0.1, 0.15) is 11.4 Å². The normalized spacial score (nSPS) is 10.8. The smallest absolute Gasteiger partial charge is 0.338 e. The molecule has 0 radical (unpaired) electrons. The summed E-state index contributed by atoms with van der Waals surface area (Å²) < 4.78 is 16.2. The van der Waals surface area contributed by atoms with Crippen molar-refractivity contribution in [3.8, 4) is 22.9 Å².